The summed E-state index contributed by atoms with van der Waals surface area (Å²) in [6, 6.07) is 29.5. The van der Waals surface area contributed by atoms with Crippen molar-refractivity contribution in [1.82, 2.24) is 50.8 Å². The van der Waals surface area contributed by atoms with Crippen LogP contribution in [0, 0.1) is 36.5 Å². The zero-order valence-corrected chi connectivity index (χ0v) is 56.6. The standard InChI is InChI=1S/C71H79F6N13O12/c1-5-62(87(4)54-18-14-50(46-78)15-19-54)58-44-60(66(93)88(48(58)2)56-12-8-10-52(42-56)70(72,73)74)64(91)80-26-30-97-34-38-101-40-36-99-32-28-84-68(95)82-23-6-7-24-83-69(96)85-29-33-100-37-41-102-39-35-98-31-27-81-65(92)61-45-59(63-22-25-86-90(63)55-20-16-51(47-79)17-21-55)49(3)89(67(61)94)57-13-9-11-53(43-57)71(75,76)77/h5,8-22,25,42-45H,6-7,23-24,26-41H2,1-4H3,(H,80,91)(H,81,92)(H2,82,84,95)(H2,83,85,96)/b62-5-. The molecule has 102 heavy (non-hydrogen) atoms. The van der Waals surface area contributed by atoms with Crippen LogP contribution in [-0.4, -0.2) is 168 Å². The lowest BCUT2D eigenvalue weighted by molar-refractivity contribution is -0.138. The van der Waals surface area contributed by atoms with Crippen LogP contribution in [-0.2, 0) is 40.8 Å². The molecule has 4 aromatic carbocycles. The third kappa shape index (κ3) is 22.9. The molecular formula is C71H79F6N13O12. The normalized spacial score (nSPS) is 11.5. The molecule has 0 saturated carbocycles. The highest BCUT2D eigenvalue weighted by atomic mass is 19.4. The van der Waals surface area contributed by atoms with Crippen LogP contribution in [0.5, 0.6) is 0 Å². The molecule has 0 aliphatic rings. The molecule has 6 N–H and O–H groups in total. The number of urea groups is 2. The van der Waals surface area contributed by atoms with E-state index in [0.29, 0.717) is 71.0 Å². The highest BCUT2D eigenvalue weighted by molar-refractivity contribution is 5.96. The maximum Gasteiger partial charge on any atom is 0.416 e. The van der Waals surface area contributed by atoms with Gasteiger partial charge in [0.1, 0.15) is 11.1 Å². The number of carbonyl (C=O) groups excluding carboxylic acids is 4. The number of halogens is 6. The summed E-state index contributed by atoms with van der Waals surface area (Å²) in [5.74, 6) is -1.55. The van der Waals surface area contributed by atoms with Gasteiger partial charge in [0.2, 0.25) is 0 Å². The van der Waals surface area contributed by atoms with Crippen LogP contribution in [0.4, 0.5) is 41.6 Å². The van der Waals surface area contributed by atoms with Crippen LogP contribution in [0.1, 0.15) is 79.7 Å². The molecule has 6 amide bonds. The number of hydrogen-bond donors (Lipinski definition) is 6. The average Bonchev–Trinajstić information content (AvgIpc) is 1.03. The van der Waals surface area contributed by atoms with Crippen LogP contribution >= 0.6 is 0 Å². The van der Waals surface area contributed by atoms with Gasteiger partial charge in [-0.2, -0.15) is 42.0 Å². The summed E-state index contributed by atoms with van der Waals surface area (Å²) in [4.78, 5) is 81.4. The van der Waals surface area contributed by atoms with Crippen molar-refractivity contribution in [3.05, 3.63) is 199 Å². The number of nitriles is 2. The highest BCUT2D eigenvalue weighted by Gasteiger charge is 2.33. The minimum atomic E-state index is -4.70. The molecule has 31 heteroatoms. The Bertz CT molecular complexity index is 4200. The average molecular weight is 1420 g/mol. The number of rotatable bonds is 38. The SMILES string of the molecule is C/C=C(/c1cc(C(=O)NCCOCCOCCOCCNC(=O)NCCCCNC(=O)NCCOCCOCCOCCNC(=O)c2cc(-c3ccnn3-c3ccc(C#N)cc3)c(C)n(-c3cccc(C(F)(F)F)c3)c2=O)c(=O)n(-c2cccc(C(F)(F)F)c2)c1C)N(C)c1ccc(C#N)cc1. The Kier molecular flexibility index (Phi) is 30.4. The fraction of sp³-hybridized carbons (Fsp3) is 0.366. The molecule has 7 aromatic rings. The lowest BCUT2D eigenvalue weighted by atomic mass is 10.0. The van der Waals surface area contributed by atoms with E-state index in [2.05, 4.69) is 43.1 Å². The van der Waals surface area contributed by atoms with Crippen molar-refractivity contribution < 1.29 is 73.9 Å². The predicted octanol–water partition coefficient (Wildman–Crippen LogP) is 8.37. The molecule has 0 spiro atoms. The Labute approximate surface area is 583 Å². The number of benzene rings is 4. The van der Waals surface area contributed by atoms with Crippen molar-refractivity contribution in [2.45, 2.75) is 46.0 Å². The van der Waals surface area contributed by atoms with E-state index in [0.717, 1.165) is 33.4 Å². The Balaban J connectivity index is 0.678. The van der Waals surface area contributed by atoms with E-state index in [1.165, 1.54) is 47.3 Å². The molecule has 0 radical (unpaired) electrons. The number of anilines is 1. The maximum absolute atomic E-state index is 14.0. The molecule has 7 rings (SSSR count). The van der Waals surface area contributed by atoms with Crippen molar-refractivity contribution in [2.24, 2.45) is 0 Å². The lowest BCUT2D eigenvalue weighted by Crippen LogP contribution is -2.39. The van der Waals surface area contributed by atoms with Gasteiger partial charge in [-0.1, -0.05) is 18.2 Å². The van der Waals surface area contributed by atoms with E-state index in [-0.39, 0.29) is 151 Å². The van der Waals surface area contributed by atoms with Gasteiger partial charge in [0, 0.05) is 91.6 Å². The molecule has 0 aliphatic heterocycles. The number of unbranched alkanes of at least 4 members (excludes halogenated alkanes) is 1. The zero-order valence-electron chi connectivity index (χ0n) is 56.6. The quantitative estimate of drug-likeness (QED) is 0.0156. The monoisotopic (exact) mass is 1420 g/mol. The molecular weight excluding hydrogens is 1340 g/mol. The largest absolute Gasteiger partial charge is 0.416 e. The summed E-state index contributed by atoms with van der Waals surface area (Å²) in [7, 11) is 1.74. The maximum atomic E-state index is 14.0. The van der Waals surface area contributed by atoms with E-state index in [9.17, 15) is 65.6 Å². The van der Waals surface area contributed by atoms with E-state index in [1.807, 2.05) is 6.07 Å². The number of allylic oxidation sites excluding steroid dienone is 1. The fourth-order valence-corrected chi connectivity index (χ4v) is 10.3. The first-order valence-electron chi connectivity index (χ1n) is 32.5. The second-order valence-electron chi connectivity index (χ2n) is 22.4. The van der Waals surface area contributed by atoms with E-state index in [4.69, 9.17) is 28.4 Å². The molecule has 0 atom stereocenters. The van der Waals surface area contributed by atoms with Gasteiger partial charge in [0.25, 0.3) is 22.9 Å². The van der Waals surface area contributed by atoms with Crippen molar-refractivity contribution in [3.8, 4) is 40.5 Å². The third-order valence-electron chi connectivity index (χ3n) is 15.5. The van der Waals surface area contributed by atoms with E-state index < -0.39 is 46.4 Å². The Morgan fingerprint density at radius 1 is 0.500 bits per heavy atom. The number of alkyl halides is 6. The molecule has 0 fully saturated rings. The molecule has 0 unspecified atom stereocenters. The van der Waals surface area contributed by atoms with Gasteiger partial charge in [0.15, 0.2) is 0 Å². The number of aromatic nitrogens is 4. The lowest BCUT2D eigenvalue weighted by Gasteiger charge is -2.26. The Hall–Kier alpha value is -10.7. The molecule has 0 bridgehead atoms. The number of nitrogens with zero attached hydrogens (tertiary/aromatic N) is 7. The van der Waals surface area contributed by atoms with Crippen molar-refractivity contribution >= 4 is 35.3 Å². The summed E-state index contributed by atoms with van der Waals surface area (Å²) < 4.78 is 120. The predicted molar refractivity (Wildman–Crippen MR) is 366 cm³/mol. The fourth-order valence-electron chi connectivity index (χ4n) is 10.3. The van der Waals surface area contributed by atoms with Crippen LogP contribution in [0.3, 0.4) is 0 Å². The van der Waals surface area contributed by atoms with Gasteiger partial charge in [-0.25, -0.2) is 14.3 Å². The second-order valence-corrected chi connectivity index (χ2v) is 22.4. The highest BCUT2D eigenvalue weighted by Crippen LogP contribution is 2.34. The number of ether oxygens (including phenoxy) is 6. The topological polar surface area (TPSA) is 308 Å². The van der Waals surface area contributed by atoms with Gasteiger partial charge in [-0.05, 0) is 137 Å². The molecule has 3 heterocycles. The van der Waals surface area contributed by atoms with Gasteiger partial charge in [-0.15, -0.1) is 0 Å². The first-order chi connectivity index (χ1) is 49.1. The van der Waals surface area contributed by atoms with Crippen LogP contribution in [0.25, 0.3) is 34.0 Å². The number of carbonyl (C=O) groups is 4. The molecule has 0 aliphatic carbocycles. The van der Waals surface area contributed by atoms with Crippen LogP contribution in [0.2, 0.25) is 0 Å². The van der Waals surface area contributed by atoms with E-state index >= 15 is 0 Å². The molecule has 25 nitrogen and oxygen atoms in total. The molecule has 542 valence electrons. The first kappa shape index (κ1) is 78.7. The zero-order chi connectivity index (χ0) is 73.6. The summed E-state index contributed by atoms with van der Waals surface area (Å²) >= 11 is 0. The molecule has 0 saturated heterocycles. The first-order valence-corrected chi connectivity index (χ1v) is 32.5. The number of amides is 6. The van der Waals surface area contributed by atoms with Crippen molar-refractivity contribution in [1.29, 1.82) is 10.5 Å². The summed E-state index contributed by atoms with van der Waals surface area (Å²) in [6.07, 6.45) is -4.96. The minimum Gasteiger partial charge on any atom is -0.377 e. The minimum absolute atomic E-state index is 0.00409. The van der Waals surface area contributed by atoms with E-state index in [1.54, 1.807) is 93.4 Å². The smallest absolute Gasteiger partial charge is 0.377 e. The number of hydrogen-bond acceptors (Lipinski definition) is 16. The van der Waals surface area contributed by atoms with Gasteiger partial charge in [-0.3, -0.25) is 28.3 Å². The number of nitrogens with one attached hydrogen (secondary N) is 6. The Morgan fingerprint density at radius 3 is 1.33 bits per heavy atom. The van der Waals surface area contributed by atoms with Gasteiger partial charge < -0.3 is 65.2 Å². The summed E-state index contributed by atoms with van der Waals surface area (Å²) in [6.45, 7) is 8.30. The van der Waals surface area contributed by atoms with Gasteiger partial charge >= 0.3 is 24.4 Å². The summed E-state index contributed by atoms with van der Waals surface area (Å²) in [5.41, 5.74) is -0.171. The Morgan fingerprint density at radius 2 is 0.902 bits per heavy atom. The van der Waals surface area contributed by atoms with Gasteiger partial charge in [0.05, 0.1) is 131 Å². The van der Waals surface area contributed by atoms with Crippen LogP contribution in [0.15, 0.2) is 137 Å². The van der Waals surface area contributed by atoms with Crippen LogP contribution < -0.4 is 47.9 Å². The second kappa shape index (κ2) is 39.4. The van der Waals surface area contributed by atoms with Crippen molar-refractivity contribution in [3.63, 3.8) is 0 Å². The number of pyridine rings is 2. The van der Waals surface area contributed by atoms with Crippen molar-refractivity contribution in [2.75, 3.05) is 130 Å². The summed E-state index contributed by atoms with van der Waals surface area (Å²) in [5, 5.41) is 39.1. The third-order valence-corrected chi connectivity index (χ3v) is 15.5. The molecule has 3 aromatic heterocycles.